The largest absolute Gasteiger partial charge is 0.459 e. The first-order chi connectivity index (χ1) is 26.3. The van der Waals surface area contributed by atoms with Gasteiger partial charge in [-0.05, 0) is 56.2 Å². The summed E-state index contributed by atoms with van der Waals surface area (Å²) in [5.74, 6) is -2.07. The topological polar surface area (TPSA) is 196 Å². The maximum atomic E-state index is 13.7. The fraction of sp³-hybridized carbons (Fsp3) is 0.462. The van der Waals surface area contributed by atoms with Gasteiger partial charge < -0.3 is 21.1 Å². The number of carbonyl (C=O) groups excluding carboxylic acids is 3. The Kier molecular flexibility index (Phi) is 11.1. The molecule has 3 aliphatic rings. The number of ether oxygens (including phenoxy) is 1. The summed E-state index contributed by atoms with van der Waals surface area (Å²) in [6.07, 6.45) is 8.57. The Hall–Kier alpha value is -4.64. The van der Waals surface area contributed by atoms with E-state index in [2.05, 4.69) is 22.2 Å². The van der Waals surface area contributed by atoms with Gasteiger partial charge in [0.05, 0.1) is 23.8 Å². The van der Waals surface area contributed by atoms with Crippen molar-refractivity contribution in [2.24, 2.45) is 29.2 Å². The number of allylic oxidation sites excluding steroid dienone is 2. The number of imidazole rings is 1. The second-order valence-electron chi connectivity index (χ2n) is 15.0. The second-order valence-corrected chi connectivity index (χ2v) is 17.7. The van der Waals surface area contributed by atoms with Gasteiger partial charge in [0.2, 0.25) is 17.7 Å². The van der Waals surface area contributed by atoms with Crippen LogP contribution < -0.4 is 20.9 Å². The summed E-state index contributed by atoms with van der Waals surface area (Å²) >= 11 is 1.58. The number of likely N-dealkylation sites (tertiary alicyclic amines) is 1. The van der Waals surface area contributed by atoms with E-state index in [9.17, 15) is 22.8 Å². The van der Waals surface area contributed by atoms with Gasteiger partial charge in [0.15, 0.2) is 0 Å². The summed E-state index contributed by atoms with van der Waals surface area (Å²) < 4.78 is 35.3. The maximum absolute atomic E-state index is 13.7. The second kappa shape index (κ2) is 15.8. The van der Waals surface area contributed by atoms with Gasteiger partial charge in [-0.15, -0.1) is 11.3 Å². The summed E-state index contributed by atoms with van der Waals surface area (Å²) in [6.45, 7) is 2.21. The van der Waals surface area contributed by atoms with Gasteiger partial charge in [0.1, 0.15) is 22.7 Å². The Morgan fingerprint density at radius 3 is 2.62 bits per heavy atom. The Morgan fingerprint density at radius 2 is 1.87 bits per heavy atom. The molecule has 292 valence electrons. The third kappa shape index (κ3) is 8.04. The van der Waals surface area contributed by atoms with Crippen LogP contribution in [0.3, 0.4) is 0 Å². The summed E-state index contributed by atoms with van der Waals surface area (Å²) in [5.41, 5.74) is 17.1. The van der Waals surface area contributed by atoms with E-state index in [0.29, 0.717) is 18.9 Å². The van der Waals surface area contributed by atoms with Gasteiger partial charge in [-0.3, -0.25) is 19.0 Å². The van der Waals surface area contributed by atoms with E-state index in [-0.39, 0.29) is 36.2 Å². The van der Waals surface area contributed by atoms with Crippen LogP contribution in [0.25, 0.3) is 21.6 Å². The molecule has 16 heteroatoms. The molecule has 4 heterocycles. The quantitative estimate of drug-likeness (QED) is 0.119. The number of hydrogen-bond acceptors (Lipinski definition) is 10. The lowest BCUT2D eigenvalue weighted by Gasteiger charge is -2.35. The maximum Gasteiger partial charge on any atom is 0.303 e. The number of carbonyl (C=O) groups is 3. The molecule has 0 spiro atoms. The number of rotatable bonds is 15. The zero-order valence-corrected chi connectivity index (χ0v) is 32.8. The Morgan fingerprint density at radius 1 is 1.09 bits per heavy atom. The average molecular weight is 789 g/mol. The molecule has 3 amide bonds. The van der Waals surface area contributed by atoms with Crippen molar-refractivity contribution < 1.29 is 27.5 Å². The number of nitrogens with one attached hydrogen (secondary N) is 1. The fourth-order valence-electron chi connectivity index (χ4n) is 7.90. The highest BCUT2D eigenvalue weighted by atomic mass is 32.2. The summed E-state index contributed by atoms with van der Waals surface area (Å²) in [7, 11) is -1.05. The summed E-state index contributed by atoms with van der Waals surface area (Å²) in [6, 6.07) is 14.7. The monoisotopic (exact) mass is 788 g/mol. The molecule has 0 bridgehead atoms. The lowest BCUT2D eigenvalue weighted by atomic mass is 9.89. The van der Waals surface area contributed by atoms with Crippen LogP contribution in [0, 0.1) is 17.8 Å². The Bertz CT molecular complexity index is 2200. The SMILES string of the molecule is CC1C2[C@H](CN(C(=O)[C@@H](N)CCCCC/C=C\[C@@H]3C[C@@H]3C(=O)NS(=O)(=O)N(C)C)[C@@H]2C(N)=O)Oc2nc3c(-c4nc(Cc5ccccc5)cs4)cccc3n21. The van der Waals surface area contributed by atoms with Crippen LogP contribution in [0.15, 0.2) is 66.1 Å². The van der Waals surface area contributed by atoms with E-state index in [4.69, 9.17) is 26.2 Å². The van der Waals surface area contributed by atoms with Gasteiger partial charge in [0.25, 0.3) is 6.01 Å². The predicted molar refractivity (Wildman–Crippen MR) is 210 cm³/mol. The van der Waals surface area contributed by atoms with Gasteiger partial charge in [0, 0.05) is 49.3 Å². The highest BCUT2D eigenvalue weighted by Gasteiger charge is 2.54. The first-order valence-corrected chi connectivity index (χ1v) is 21.1. The molecule has 2 aliphatic heterocycles. The number of hydrogen-bond donors (Lipinski definition) is 3. The summed E-state index contributed by atoms with van der Waals surface area (Å²) in [5, 5.41) is 2.94. The first kappa shape index (κ1) is 38.6. The van der Waals surface area contributed by atoms with Crippen molar-refractivity contribution in [3.05, 3.63) is 77.3 Å². The number of unbranched alkanes of at least 4 members (excludes halogenated alkanes) is 3. The molecule has 7 atom stereocenters. The highest BCUT2D eigenvalue weighted by molar-refractivity contribution is 7.87. The van der Waals surface area contributed by atoms with Gasteiger partial charge in [-0.1, -0.05) is 61.4 Å². The number of benzene rings is 2. The summed E-state index contributed by atoms with van der Waals surface area (Å²) in [4.78, 5) is 50.4. The minimum absolute atomic E-state index is 0.0375. The fourth-order valence-corrected chi connectivity index (χ4v) is 9.34. The molecule has 7 rings (SSSR count). The van der Waals surface area contributed by atoms with Crippen molar-refractivity contribution in [1.82, 2.24) is 28.5 Å². The lowest BCUT2D eigenvalue weighted by molar-refractivity contribution is -0.139. The smallest absolute Gasteiger partial charge is 0.303 e. The van der Waals surface area contributed by atoms with Crippen LogP contribution in [0.4, 0.5) is 0 Å². The zero-order valence-electron chi connectivity index (χ0n) is 31.2. The molecular formula is C39H48N8O6S2. The Balaban J connectivity index is 0.935. The van der Waals surface area contributed by atoms with Crippen molar-refractivity contribution in [2.75, 3.05) is 20.6 Å². The first-order valence-electron chi connectivity index (χ1n) is 18.8. The van der Waals surface area contributed by atoms with E-state index in [1.54, 1.807) is 11.3 Å². The van der Waals surface area contributed by atoms with E-state index in [1.165, 1.54) is 24.6 Å². The molecule has 4 aromatic rings. The molecular weight excluding hydrogens is 741 g/mol. The van der Waals surface area contributed by atoms with Crippen LogP contribution in [-0.2, 0) is 31.0 Å². The third-order valence-corrected chi connectivity index (χ3v) is 13.3. The Labute approximate surface area is 325 Å². The van der Waals surface area contributed by atoms with Crippen molar-refractivity contribution in [3.63, 3.8) is 0 Å². The molecule has 5 N–H and O–H groups in total. The highest BCUT2D eigenvalue weighted by Crippen LogP contribution is 2.45. The molecule has 1 aliphatic carbocycles. The van der Waals surface area contributed by atoms with Gasteiger partial charge in [-0.2, -0.15) is 17.7 Å². The number of nitrogens with zero attached hydrogens (tertiary/aromatic N) is 5. The lowest BCUT2D eigenvalue weighted by Crippen LogP contribution is -2.52. The van der Waals surface area contributed by atoms with Crippen molar-refractivity contribution in [1.29, 1.82) is 0 Å². The number of primary amides is 1. The normalized spacial score (nSPS) is 23.8. The molecule has 0 radical (unpaired) electrons. The molecule has 1 saturated heterocycles. The molecule has 14 nitrogen and oxygen atoms in total. The number of para-hydroxylation sites is 1. The standard InChI is InChI=1S/C39H48N8O6S2/c1-23-32-31(53-39-43-33-27(16-12-18-30(33)47(23)39)37-42-26(22-54-37)19-24-13-8-7-9-14-24)21-46(34(32)35(41)48)38(50)29(40)17-11-6-4-5-10-15-25-20-28(25)36(49)44-55(51,52)45(2)3/h7-10,12-16,18,22-23,25,28-29,31-32,34H,4-6,11,17,19-21,40H2,1-3H3,(H2,41,48)(H,44,49)/b15-10-/t23?,25-,28+,29+,31+,32?,34+/m1/s1. The number of thiazole rings is 1. The minimum Gasteiger partial charge on any atom is -0.459 e. The molecule has 55 heavy (non-hydrogen) atoms. The number of aromatic nitrogens is 3. The molecule has 2 unspecified atom stereocenters. The van der Waals surface area contributed by atoms with E-state index < -0.39 is 40.2 Å². The third-order valence-electron chi connectivity index (χ3n) is 11.0. The van der Waals surface area contributed by atoms with Crippen LogP contribution in [0.2, 0.25) is 0 Å². The van der Waals surface area contributed by atoms with Crippen molar-refractivity contribution in [3.8, 4) is 16.6 Å². The zero-order chi connectivity index (χ0) is 39.0. The van der Waals surface area contributed by atoms with Crippen LogP contribution in [-0.4, -0.2) is 88.7 Å². The average Bonchev–Trinajstić information content (AvgIpc) is 3.42. The molecule has 2 fully saturated rings. The molecule has 1 saturated carbocycles. The predicted octanol–water partition coefficient (Wildman–Crippen LogP) is 3.78. The number of amides is 3. The molecule has 2 aromatic carbocycles. The van der Waals surface area contributed by atoms with Gasteiger partial charge in [-0.25, -0.2) is 9.71 Å². The van der Waals surface area contributed by atoms with Crippen LogP contribution >= 0.6 is 11.3 Å². The number of fused-ring (bicyclic) bond motifs is 4. The van der Waals surface area contributed by atoms with Crippen LogP contribution in [0.1, 0.15) is 62.7 Å². The minimum atomic E-state index is -3.79. The molecule has 2 aromatic heterocycles. The van der Waals surface area contributed by atoms with Crippen LogP contribution in [0.5, 0.6) is 6.01 Å². The van der Waals surface area contributed by atoms with Crippen molar-refractivity contribution in [2.45, 2.75) is 76.1 Å². The number of nitrogens with two attached hydrogens (primary N) is 2. The van der Waals surface area contributed by atoms with E-state index in [1.807, 2.05) is 60.0 Å². The van der Waals surface area contributed by atoms with Crippen molar-refractivity contribution >= 4 is 50.3 Å². The van der Waals surface area contributed by atoms with E-state index >= 15 is 0 Å². The van der Waals surface area contributed by atoms with Gasteiger partial charge >= 0.3 is 10.2 Å². The van der Waals surface area contributed by atoms with E-state index in [0.717, 1.165) is 63.7 Å².